The first kappa shape index (κ1) is 15.4. The second-order valence-electron chi connectivity index (χ2n) is 6.23. The average Bonchev–Trinajstić information content (AvgIpc) is 3.47. The molecule has 0 bridgehead atoms. The number of fused-ring (bicyclic) bond motifs is 1. The van der Waals surface area contributed by atoms with Crippen LogP contribution in [0.4, 0.5) is 0 Å². The molecule has 1 amide bonds. The molecular weight excluding hydrogens is 344 g/mol. The van der Waals surface area contributed by atoms with Gasteiger partial charge in [0.15, 0.2) is 12.2 Å². The maximum atomic E-state index is 13.0. The summed E-state index contributed by atoms with van der Waals surface area (Å²) in [5.74, 6) is 0.559. The van der Waals surface area contributed by atoms with Crippen molar-refractivity contribution in [3.8, 4) is 11.1 Å². The zero-order valence-electron chi connectivity index (χ0n) is 14.1. The van der Waals surface area contributed by atoms with Crippen LogP contribution in [0.5, 0.6) is 0 Å². The first-order valence-electron chi connectivity index (χ1n) is 8.39. The van der Waals surface area contributed by atoms with Gasteiger partial charge in [-0.15, -0.1) is 0 Å². The number of carbonyl (C=O) groups is 1. The number of oxazole rings is 1. The van der Waals surface area contributed by atoms with E-state index in [-0.39, 0.29) is 17.8 Å². The predicted molar refractivity (Wildman–Crippen MR) is 94.3 cm³/mol. The fourth-order valence-corrected chi connectivity index (χ4v) is 3.47. The minimum absolute atomic E-state index is 0.194. The van der Waals surface area contributed by atoms with Gasteiger partial charge >= 0.3 is 0 Å². The molecule has 1 aromatic carbocycles. The summed E-state index contributed by atoms with van der Waals surface area (Å²) in [4.78, 5) is 26.8. The summed E-state index contributed by atoms with van der Waals surface area (Å²) in [7, 11) is 0. The fourth-order valence-electron chi connectivity index (χ4n) is 3.47. The van der Waals surface area contributed by atoms with E-state index in [1.54, 1.807) is 17.3 Å². The van der Waals surface area contributed by atoms with E-state index in [2.05, 4.69) is 31.2 Å². The van der Waals surface area contributed by atoms with E-state index in [4.69, 9.17) is 4.42 Å². The van der Waals surface area contributed by atoms with Crippen LogP contribution in [0.15, 0.2) is 66.1 Å². The van der Waals surface area contributed by atoms with Crippen LogP contribution in [0.1, 0.15) is 33.5 Å². The normalized spacial score (nSPS) is 15.7. The predicted octanol–water partition coefficient (Wildman–Crippen LogP) is 2.60. The molecule has 1 N–H and O–H groups in total. The number of pyridine rings is 1. The molecule has 5 rings (SSSR count). The molecule has 1 aliphatic heterocycles. The minimum atomic E-state index is -0.358. The Morgan fingerprint density at radius 2 is 2.15 bits per heavy atom. The van der Waals surface area contributed by atoms with Crippen LogP contribution >= 0.6 is 0 Å². The van der Waals surface area contributed by atoms with Crippen molar-refractivity contribution in [2.24, 2.45) is 0 Å². The molecule has 4 aromatic rings. The molecule has 0 saturated carbocycles. The highest BCUT2D eigenvalue weighted by molar-refractivity contribution is 5.91. The van der Waals surface area contributed by atoms with Gasteiger partial charge in [0.25, 0.3) is 5.91 Å². The molecule has 27 heavy (non-hydrogen) atoms. The lowest BCUT2D eigenvalue weighted by atomic mass is 9.98. The third-order valence-corrected chi connectivity index (χ3v) is 4.68. The number of hydrogen-bond donors (Lipinski definition) is 1. The highest BCUT2D eigenvalue weighted by atomic mass is 16.3. The number of hydrogen-bond acceptors (Lipinski definition) is 6. The Balaban J connectivity index is 1.58. The Morgan fingerprint density at radius 3 is 2.89 bits per heavy atom. The lowest BCUT2D eigenvalue weighted by Crippen LogP contribution is -2.30. The number of aromatic amines is 1. The maximum Gasteiger partial charge on any atom is 0.292 e. The zero-order valence-corrected chi connectivity index (χ0v) is 14.1. The van der Waals surface area contributed by atoms with Gasteiger partial charge in [-0.25, -0.2) is 9.97 Å². The van der Waals surface area contributed by atoms with Crippen molar-refractivity contribution in [2.75, 3.05) is 0 Å². The molecule has 1 aliphatic rings. The smallest absolute Gasteiger partial charge is 0.292 e. The van der Waals surface area contributed by atoms with Crippen LogP contribution in [-0.4, -0.2) is 36.0 Å². The number of aromatic nitrogens is 5. The molecular formula is C19H14N6O2. The van der Waals surface area contributed by atoms with E-state index in [1.807, 2.05) is 30.5 Å². The topological polar surface area (TPSA) is 101 Å². The molecule has 0 fully saturated rings. The summed E-state index contributed by atoms with van der Waals surface area (Å²) in [5, 5.41) is 6.42. The van der Waals surface area contributed by atoms with Gasteiger partial charge in [-0.2, -0.15) is 5.10 Å². The van der Waals surface area contributed by atoms with Crippen molar-refractivity contribution in [3.05, 3.63) is 84.4 Å². The summed E-state index contributed by atoms with van der Waals surface area (Å²) in [6.45, 7) is 0.439. The zero-order chi connectivity index (χ0) is 18.2. The van der Waals surface area contributed by atoms with Crippen molar-refractivity contribution in [1.82, 2.24) is 30.0 Å². The number of rotatable bonds is 3. The van der Waals surface area contributed by atoms with E-state index < -0.39 is 0 Å². The van der Waals surface area contributed by atoms with Crippen LogP contribution in [0, 0.1) is 0 Å². The maximum absolute atomic E-state index is 13.0. The third kappa shape index (κ3) is 2.58. The fraction of sp³-hybridized carbons (Fsp3) is 0.105. The molecule has 0 unspecified atom stereocenters. The molecule has 0 spiro atoms. The molecule has 0 aliphatic carbocycles. The average molecular weight is 358 g/mol. The minimum Gasteiger partial charge on any atom is -0.446 e. The summed E-state index contributed by atoms with van der Waals surface area (Å²) >= 11 is 0. The molecule has 1 atom stereocenters. The number of nitrogens with one attached hydrogen (secondary N) is 1. The Bertz CT molecular complexity index is 1080. The van der Waals surface area contributed by atoms with Gasteiger partial charge in [0, 0.05) is 18.9 Å². The van der Waals surface area contributed by atoms with Gasteiger partial charge in [0.1, 0.15) is 12.4 Å². The second-order valence-corrected chi connectivity index (χ2v) is 6.23. The molecule has 4 heterocycles. The third-order valence-electron chi connectivity index (χ3n) is 4.68. The van der Waals surface area contributed by atoms with Gasteiger partial charge in [-0.05, 0) is 34.4 Å². The van der Waals surface area contributed by atoms with Gasteiger partial charge in [0.2, 0.25) is 5.82 Å². The molecule has 0 radical (unpaired) electrons. The van der Waals surface area contributed by atoms with E-state index in [0.717, 1.165) is 22.3 Å². The first-order valence-corrected chi connectivity index (χ1v) is 8.39. The van der Waals surface area contributed by atoms with Crippen molar-refractivity contribution < 1.29 is 9.21 Å². The number of amides is 1. The highest BCUT2D eigenvalue weighted by Crippen LogP contribution is 2.40. The quantitative estimate of drug-likeness (QED) is 0.604. The van der Waals surface area contributed by atoms with Crippen LogP contribution < -0.4 is 0 Å². The largest absolute Gasteiger partial charge is 0.446 e. The first-order chi connectivity index (χ1) is 13.3. The summed E-state index contributed by atoms with van der Waals surface area (Å²) < 4.78 is 5.53. The second kappa shape index (κ2) is 6.17. The SMILES string of the molecule is O=C(c1ncn[nH]1)N1Cc2cc(-c3cccnc3)ccc2[C@H]1c1cnco1. The Hall–Kier alpha value is -3.81. The van der Waals surface area contributed by atoms with Gasteiger partial charge in [0.05, 0.1) is 6.20 Å². The summed E-state index contributed by atoms with van der Waals surface area (Å²) in [5.41, 5.74) is 4.13. The Morgan fingerprint density at radius 1 is 1.19 bits per heavy atom. The number of benzene rings is 1. The van der Waals surface area contributed by atoms with E-state index in [1.165, 1.54) is 12.7 Å². The molecule has 8 nitrogen and oxygen atoms in total. The van der Waals surface area contributed by atoms with Gasteiger partial charge in [-0.1, -0.05) is 18.2 Å². The molecule has 3 aromatic heterocycles. The molecule has 8 heteroatoms. The van der Waals surface area contributed by atoms with Crippen LogP contribution in [0.2, 0.25) is 0 Å². The monoisotopic (exact) mass is 358 g/mol. The lowest BCUT2D eigenvalue weighted by Gasteiger charge is -2.22. The Kier molecular flexibility index (Phi) is 3.53. The van der Waals surface area contributed by atoms with E-state index >= 15 is 0 Å². The van der Waals surface area contributed by atoms with E-state index in [9.17, 15) is 4.79 Å². The lowest BCUT2D eigenvalue weighted by molar-refractivity contribution is 0.0691. The van der Waals surface area contributed by atoms with Crippen LogP contribution in [-0.2, 0) is 6.54 Å². The summed E-state index contributed by atoms with van der Waals surface area (Å²) in [6, 6.07) is 9.70. The standard InChI is InChI=1S/C19H14N6O2/c26-19(18-22-10-23-24-18)25-9-14-6-12(13-2-1-5-20-7-13)3-4-15(14)17(25)16-8-21-11-27-16/h1-8,10-11,17H,9H2,(H,22,23,24)/t17-/m0/s1. The van der Waals surface area contributed by atoms with Crippen molar-refractivity contribution >= 4 is 5.91 Å². The molecule has 0 saturated heterocycles. The summed E-state index contributed by atoms with van der Waals surface area (Å²) in [6.07, 6.45) is 7.89. The van der Waals surface area contributed by atoms with E-state index in [0.29, 0.717) is 12.3 Å². The van der Waals surface area contributed by atoms with Gasteiger partial charge < -0.3 is 9.32 Å². The Labute approximate surface area is 153 Å². The van der Waals surface area contributed by atoms with Gasteiger partial charge in [-0.3, -0.25) is 14.9 Å². The van der Waals surface area contributed by atoms with Crippen molar-refractivity contribution in [1.29, 1.82) is 0 Å². The molecule has 132 valence electrons. The number of nitrogens with zero attached hydrogens (tertiary/aromatic N) is 5. The van der Waals surface area contributed by atoms with Crippen LogP contribution in [0.25, 0.3) is 11.1 Å². The number of carbonyl (C=O) groups excluding carboxylic acids is 1. The van der Waals surface area contributed by atoms with Crippen LogP contribution in [0.3, 0.4) is 0 Å². The van der Waals surface area contributed by atoms with Crippen molar-refractivity contribution in [3.63, 3.8) is 0 Å². The van der Waals surface area contributed by atoms with Crippen molar-refractivity contribution in [2.45, 2.75) is 12.6 Å². The highest BCUT2D eigenvalue weighted by Gasteiger charge is 2.38. The number of H-pyrrole nitrogens is 1.